The average Bonchev–Trinajstić information content (AvgIpc) is 2.88. The van der Waals surface area contributed by atoms with Gasteiger partial charge in [-0.2, -0.15) is 0 Å². The number of nitrogens with two attached hydrogens (primary N) is 1. The van der Waals surface area contributed by atoms with Crippen LogP contribution >= 0.6 is 11.3 Å². The van der Waals surface area contributed by atoms with Crippen LogP contribution in [0.3, 0.4) is 0 Å². The normalized spacial score (nSPS) is 11.3. The molecule has 3 rings (SSSR count). The molecule has 2 aromatic carbocycles. The van der Waals surface area contributed by atoms with Crippen LogP contribution in [0, 0.1) is 0 Å². The zero-order valence-electron chi connectivity index (χ0n) is 11.8. The number of urea groups is 1. The molecule has 3 aromatic rings. The van der Waals surface area contributed by atoms with E-state index in [0.29, 0.717) is 5.69 Å². The number of thiophene rings is 1. The lowest BCUT2D eigenvalue weighted by atomic mass is 10.3. The summed E-state index contributed by atoms with van der Waals surface area (Å²) in [5.74, 6) is 0. The molecule has 1 aromatic heterocycles. The molecule has 0 fully saturated rings. The molecule has 6 nitrogen and oxygen atoms in total. The van der Waals surface area contributed by atoms with Crippen molar-refractivity contribution in [2.75, 3.05) is 10.6 Å². The second-order valence-electron chi connectivity index (χ2n) is 4.80. The van der Waals surface area contributed by atoms with E-state index in [1.54, 1.807) is 0 Å². The minimum Gasteiger partial charge on any atom is -0.308 e. The van der Waals surface area contributed by atoms with Crippen molar-refractivity contribution in [3.63, 3.8) is 0 Å². The molecule has 0 aliphatic heterocycles. The third-order valence-corrected chi connectivity index (χ3v) is 5.06. The van der Waals surface area contributed by atoms with Gasteiger partial charge in [0.25, 0.3) is 0 Å². The molecule has 8 heteroatoms. The maximum atomic E-state index is 12.0. The minimum atomic E-state index is -3.74. The summed E-state index contributed by atoms with van der Waals surface area (Å²) in [5.41, 5.74) is 0.469. The Bertz CT molecular complexity index is 930. The molecule has 0 aliphatic carbocycles. The molecule has 0 radical (unpaired) electrons. The van der Waals surface area contributed by atoms with Crippen molar-refractivity contribution < 1.29 is 13.2 Å². The van der Waals surface area contributed by atoms with Crippen molar-refractivity contribution in [3.05, 3.63) is 54.6 Å². The number of hydrogen-bond acceptors (Lipinski definition) is 4. The van der Waals surface area contributed by atoms with Crippen LogP contribution in [-0.4, -0.2) is 14.4 Å². The fourth-order valence-electron chi connectivity index (χ4n) is 2.05. The van der Waals surface area contributed by atoms with Crippen LogP contribution in [0.5, 0.6) is 0 Å². The summed E-state index contributed by atoms with van der Waals surface area (Å²) in [6.07, 6.45) is 0. The molecule has 0 saturated carbocycles. The van der Waals surface area contributed by atoms with Gasteiger partial charge in [-0.05, 0) is 41.8 Å². The lowest BCUT2D eigenvalue weighted by Gasteiger charge is -2.06. The second-order valence-corrected chi connectivity index (χ2v) is 7.44. The number of benzene rings is 2. The van der Waals surface area contributed by atoms with Crippen molar-refractivity contribution in [1.82, 2.24) is 0 Å². The van der Waals surface area contributed by atoms with Crippen molar-refractivity contribution in [1.29, 1.82) is 0 Å². The lowest BCUT2D eigenvalue weighted by Crippen LogP contribution is -2.19. The fourth-order valence-corrected chi connectivity index (χ4v) is 3.52. The molecule has 0 aliphatic rings. The quantitative estimate of drug-likeness (QED) is 0.678. The molecule has 0 bridgehead atoms. The predicted molar refractivity (Wildman–Crippen MR) is 92.3 cm³/mol. The first kappa shape index (κ1) is 15.5. The molecule has 2 amide bonds. The van der Waals surface area contributed by atoms with E-state index in [4.69, 9.17) is 5.14 Å². The van der Waals surface area contributed by atoms with Gasteiger partial charge >= 0.3 is 6.03 Å². The summed E-state index contributed by atoms with van der Waals surface area (Å²) >= 11 is 1.47. The smallest absolute Gasteiger partial charge is 0.308 e. The van der Waals surface area contributed by atoms with Crippen LogP contribution in [0.25, 0.3) is 10.1 Å². The van der Waals surface area contributed by atoms with Gasteiger partial charge in [0.05, 0.1) is 9.90 Å². The Balaban J connectivity index is 1.69. The van der Waals surface area contributed by atoms with Gasteiger partial charge < -0.3 is 5.32 Å². The van der Waals surface area contributed by atoms with E-state index >= 15 is 0 Å². The molecule has 0 saturated heterocycles. The van der Waals surface area contributed by atoms with E-state index < -0.39 is 16.1 Å². The van der Waals surface area contributed by atoms with Crippen LogP contribution < -0.4 is 15.8 Å². The number of rotatable bonds is 3. The number of anilines is 2. The van der Waals surface area contributed by atoms with E-state index in [-0.39, 0.29) is 4.90 Å². The van der Waals surface area contributed by atoms with Crippen LogP contribution in [0.15, 0.2) is 59.5 Å². The summed E-state index contributed by atoms with van der Waals surface area (Å²) in [7, 11) is -3.74. The van der Waals surface area contributed by atoms with Gasteiger partial charge in [0.1, 0.15) is 0 Å². The Hall–Kier alpha value is -2.42. The fraction of sp³-hybridized carbons (Fsp3) is 0. The molecule has 1 heterocycles. The Kier molecular flexibility index (Phi) is 4.03. The van der Waals surface area contributed by atoms with Crippen molar-refractivity contribution in [2.24, 2.45) is 5.14 Å². The number of sulfonamides is 1. The number of nitrogens with one attached hydrogen (secondary N) is 2. The van der Waals surface area contributed by atoms with E-state index in [0.717, 1.165) is 15.1 Å². The third-order valence-electron chi connectivity index (χ3n) is 3.10. The molecule has 0 atom stereocenters. The van der Waals surface area contributed by atoms with Gasteiger partial charge in [-0.15, -0.1) is 11.3 Å². The Morgan fingerprint density at radius 1 is 1.00 bits per heavy atom. The first-order valence-electron chi connectivity index (χ1n) is 6.61. The highest BCUT2D eigenvalue weighted by Gasteiger charge is 2.09. The first-order chi connectivity index (χ1) is 10.9. The summed E-state index contributed by atoms with van der Waals surface area (Å²) in [5, 5.41) is 12.2. The van der Waals surface area contributed by atoms with Crippen LogP contribution in [-0.2, 0) is 10.0 Å². The summed E-state index contributed by atoms with van der Waals surface area (Å²) in [4.78, 5) is 12.0. The number of fused-ring (bicyclic) bond motifs is 1. The summed E-state index contributed by atoms with van der Waals surface area (Å²) in [6, 6.07) is 14.9. The average molecular weight is 347 g/mol. The van der Waals surface area contributed by atoms with Gasteiger partial charge in [0, 0.05) is 10.4 Å². The Morgan fingerprint density at radius 2 is 1.70 bits per heavy atom. The molecular weight excluding hydrogens is 334 g/mol. The number of carbonyl (C=O) groups excluding carboxylic acids is 1. The number of primary sulfonamides is 1. The SMILES string of the molecule is NS(=O)(=O)c1ccc(NC(=O)Nc2cc3ccccc3s2)cc1. The Morgan fingerprint density at radius 3 is 2.35 bits per heavy atom. The van der Waals surface area contributed by atoms with E-state index in [1.807, 2.05) is 30.3 Å². The van der Waals surface area contributed by atoms with E-state index in [9.17, 15) is 13.2 Å². The third kappa shape index (κ3) is 3.67. The highest BCUT2D eigenvalue weighted by molar-refractivity contribution is 7.89. The van der Waals surface area contributed by atoms with Gasteiger partial charge in [0.2, 0.25) is 10.0 Å². The van der Waals surface area contributed by atoms with Gasteiger partial charge in [0.15, 0.2) is 0 Å². The maximum absolute atomic E-state index is 12.0. The van der Waals surface area contributed by atoms with Crippen LogP contribution in [0.1, 0.15) is 0 Å². The van der Waals surface area contributed by atoms with Gasteiger partial charge in [-0.3, -0.25) is 5.32 Å². The molecule has 4 N–H and O–H groups in total. The number of carbonyl (C=O) groups is 1. The van der Waals surface area contributed by atoms with Crippen LogP contribution in [0.4, 0.5) is 15.5 Å². The molecule has 118 valence electrons. The van der Waals surface area contributed by atoms with E-state index in [2.05, 4.69) is 10.6 Å². The topological polar surface area (TPSA) is 101 Å². The highest BCUT2D eigenvalue weighted by Crippen LogP contribution is 2.29. The van der Waals surface area contributed by atoms with Gasteiger partial charge in [-0.1, -0.05) is 18.2 Å². The molecule has 0 spiro atoms. The van der Waals surface area contributed by atoms with Crippen molar-refractivity contribution in [2.45, 2.75) is 4.90 Å². The summed E-state index contributed by atoms with van der Waals surface area (Å²) in [6.45, 7) is 0. The number of hydrogen-bond donors (Lipinski definition) is 3. The molecule has 23 heavy (non-hydrogen) atoms. The molecule has 0 unspecified atom stereocenters. The largest absolute Gasteiger partial charge is 0.324 e. The zero-order valence-corrected chi connectivity index (χ0v) is 13.4. The standard InChI is InChI=1S/C15H13N3O3S2/c16-23(20,21)12-7-5-11(6-8-12)17-15(19)18-14-9-10-3-1-2-4-13(10)22-14/h1-9H,(H2,16,20,21)(H2,17,18,19). The van der Waals surface area contributed by atoms with E-state index in [1.165, 1.54) is 35.6 Å². The number of amides is 2. The van der Waals surface area contributed by atoms with Crippen molar-refractivity contribution in [3.8, 4) is 0 Å². The lowest BCUT2D eigenvalue weighted by molar-refractivity contribution is 0.262. The molecular formula is C15H13N3O3S2. The minimum absolute atomic E-state index is 0.00651. The van der Waals surface area contributed by atoms with Gasteiger partial charge in [-0.25, -0.2) is 18.4 Å². The first-order valence-corrected chi connectivity index (χ1v) is 8.97. The van der Waals surface area contributed by atoms with Crippen molar-refractivity contribution >= 4 is 48.2 Å². The van der Waals surface area contributed by atoms with Crippen LogP contribution in [0.2, 0.25) is 0 Å². The summed E-state index contributed by atoms with van der Waals surface area (Å²) < 4.78 is 23.4. The second kappa shape index (κ2) is 5.99. The zero-order chi connectivity index (χ0) is 16.4. The monoisotopic (exact) mass is 347 g/mol. The maximum Gasteiger partial charge on any atom is 0.324 e. The Labute approximate surface area is 137 Å². The highest BCUT2D eigenvalue weighted by atomic mass is 32.2. The predicted octanol–water partition coefficient (Wildman–Crippen LogP) is 3.19.